The van der Waals surface area contributed by atoms with Crippen LogP contribution in [0.3, 0.4) is 0 Å². The second-order valence-electron chi connectivity index (χ2n) is 11.3. The van der Waals surface area contributed by atoms with Crippen LogP contribution in [-0.4, -0.2) is 77.8 Å². The summed E-state index contributed by atoms with van der Waals surface area (Å²) in [6.07, 6.45) is 1.64. The summed E-state index contributed by atoms with van der Waals surface area (Å²) in [6, 6.07) is 15.5. The Morgan fingerprint density at radius 1 is 0.977 bits per heavy atom. The van der Waals surface area contributed by atoms with Gasteiger partial charge in [0.25, 0.3) is 5.91 Å². The number of pyridine rings is 1. The van der Waals surface area contributed by atoms with E-state index in [-0.39, 0.29) is 18.3 Å². The van der Waals surface area contributed by atoms with E-state index >= 15 is 0 Å². The van der Waals surface area contributed by atoms with E-state index in [4.69, 9.17) is 9.47 Å². The molecule has 0 bridgehead atoms. The molecular weight excluding hydrogens is 567 g/mol. The molecular formula is C32H39FN6O5. The summed E-state index contributed by atoms with van der Waals surface area (Å²) in [6.45, 7) is 9.89. The fourth-order valence-corrected chi connectivity index (χ4v) is 4.50. The summed E-state index contributed by atoms with van der Waals surface area (Å²) >= 11 is 0. The third kappa shape index (κ3) is 10.3. The molecule has 12 heteroatoms. The van der Waals surface area contributed by atoms with Crippen LogP contribution in [0.5, 0.6) is 0 Å². The van der Waals surface area contributed by atoms with E-state index in [1.807, 2.05) is 0 Å². The molecule has 44 heavy (non-hydrogen) atoms. The van der Waals surface area contributed by atoms with Gasteiger partial charge < -0.3 is 25.0 Å². The Bertz CT molecular complexity index is 1420. The minimum Gasteiger partial charge on any atom is -0.444 e. The highest BCUT2D eigenvalue weighted by Crippen LogP contribution is 2.23. The largest absolute Gasteiger partial charge is 0.444 e. The lowest BCUT2D eigenvalue weighted by Crippen LogP contribution is -2.40. The van der Waals surface area contributed by atoms with Crippen LogP contribution in [0.15, 0.2) is 66.9 Å². The lowest BCUT2D eigenvalue weighted by atomic mass is 10.2. The van der Waals surface area contributed by atoms with Crippen molar-refractivity contribution in [3.8, 4) is 0 Å². The zero-order valence-corrected chi connectivity index (χ0v) is 25.3. The van der Waals surface area contributed by atoms with Crippen LogP contribution < -0.4 is 16.0 Å². The number of benzene rings is 2. The van der Waals surface area contributed by atoms with Crippen molar-refractivity contribution in [1.82, 2.24) is 14.8 Å². The molecule has 4 amide bonds. The monoisotopic (exact) mass is 606 g/mol. The van der Waals surface area contributed by atoms with Crippen molar-refractivity contribution in [3.05, 3.63) is 83.9 Å². The molecule has 2 heterocycles. The molecule has 0 saturated carbocycles. The van der Waals surface area contributed by atoms with E-state index in [1.165, 1.54) is 18.2 Å². The van der Waals surface area contributed by atoms with E-state index < -0.39 is 23.4 Å². The molecule has 0 unspecified atom stereocenters. The molecule has 4 rings (SSSR count). The molecule has 3 aromatic rings. The first kappa shape index (κ1) is 32.4. The number of carbonyl (C=O) groups excluding carboxylic acids is 3. The van der Waals surface area contributed by atoms with Gasteiger partial charge in [0.15, 0.2) is 0 Å². The molecule has 0 atom stereocenters. The third-order valence-electron chi connectivity index (χ3n) is 6.61. The first-order valence-corrected chi connectivity index (χ1v) is 14.5. The van der Waals surface area contributed by atoms with Gasteiger partial charge in [-0.15, -0.1) is 0 Å². The summed E-state index contributed by atoms with van der Waals surface area (Å²) in [5.41, 5.74) is 1.32. The van der Waals surface area contributed by atoms with Gasteiger partial charge in [-0.25, -0.2) is 14.0 Å². The fraction of sp³-hybridized carbons (Fsp3) is 0.375. The number of carbonyl (C=O) groups is 3. The molecule has 1 aliphatic heterocycles. The number of morpholine rings is 1. The summed E-state index contributed by atoms with van der Waals surface area (Å²) in [5, 5.41) is 8.20. The molecule has 0 radical (unpaired) electrons. The van der Waals surface area contributed by atoms with Crippen LogP contribution in [0.2, 0.25) is 0 Å². The molecule has 1 aromatic heterocycles. The van der Waals surface area contributed by atoms with Crippen LogP contribution in [0, 0.1) is 5.82 Å². The van der Waals surface area contributed by atoms with Crippen molar-refractivity contribution >= 4 is 35.1 Å². The maximum absolute atomic E-state index is 13.7. The minimum absolute atomic E-state index is 0.156. The van der Waals surface area contributed by atoms with Gasteiger partial charge in [-0.3, -0.25) is 20.0 Å². The van der Waals surface area contributed by atoms with E-state index in [9.17, 15) is 18.8 Å². The van der Waals surface area contributed by atoms with Gasteiger partial charge >= 0.3 is 12.1 Å². The number of amides is 4. The zero-order chi connectivity index (χ0) is 31.5. The van der Waals surface area contributed by atoms with E-state index in [0.29, 0.717) is 42.4 Å². The van der Waals surface area contributed by atoms with Crippen molar-refractivity contribution in [2.24, 2.45) is 0 Å². The number of ether oxygens (including phenoxy) is 2. The van der Waals surface area contributed by atoms with Gasteiger partial charge in [-0.2, -0.15) is 0 Å². The van der Waals surface area contributed by atoms with Crippen LogP contribution in [-0.2, 0) is 16.0 Å². The summed E-state index contributed by atoms with van der Waals surface area (Å²) in [4.78, 5) is 46.7. The second-order valence-corrected chi connectivity index (χ2v) is 11.3. The number of hydrogen-bond acceptors (Lipinski definition) is 7. The van der Waals surface area contributed by atoms with Gasteiger partial charge in [0, 0.05) is 44.6 Å². The highest BCUT2D eigenvalue weighted by molar-refractivity contribution is 6.05. The average Bonchev–Trinajstić information content (AvgIpc) is 2.97. The van der Waals surface area contributed by atoms with Crippen LogP contribution in [0.1, 0.15) is 43.2 Å². The number of nitrogens with one attached hydrogen (secondary N) is 3. The molecule has 1 saturated heterocycles. The van der Waals surface area contributed by atoms with E-state index in [0.717, 1.165) is 26.1 Å². The quantitative estimate of drug-likeness (QED) is 0.275. The standard InChI is InChI=1S/C32H39FN6O5/c1-32(2,3)44-31(42)37-27-11-5-4-10-26(27)36-29(40)28-13-12-23(21-34-28)22-39(15-7-14-38-16-18-43-19-17-38)30(41)35-25-9-6-8-24(33)20-25/h4-6,8-13,20-21H,7,14-19,22H2,1-3H3,(H,35,41)(H,36,40)(H,37,42). The van der Waals surface area contributed by atoms with Crippen LogP contribution in [0.4, 0.5) is 31.0 Å². The first-order valence-electron chi connectivity index (χ1n) is 14.5. The van der Waals surface area contributed by atoms with Gasteiger partial charge in [-0.05, 0) is 69.2 Å². The molecule has 2 aromatic carbocycles. The molecule has 0 aliphatic carbocycles. The lowest BCUT2D eigenvalue weighted by molar-refractivity contribution is 0.0365. The summed E-state index contributed by atoms with van der Waals surface area (Å²) in [5.74, 6) is -0.913. The van der Waals surface area contributed by atoms with Gasteiger partial charge in [-0.1, -0.05) is 24.3 Å². The van der Waals surface area contributed by atoms with Gasteiger partial charge in [0.2, 0.25) is 0 Å². The number of urea groups is 1. The number of halogens is 1. The van der Waals surface area contributed by atoms with E-state index in [1.54, 1.807) is 74.3 Å². The van der Waals surface area contributed by atoms with Crippen molar-refractivity contribution in [1.29, 1.82) is 0 Å². The topological polar surface area (TPSA) is 125 Å². The smallest absolute Gasteiger partial charge is 0.412 e. The average molecular weight is 607 g/mol. The van der Waals surface area contributed by atoms with Crippen LogP contribution >= 0.6 is 0 Å². The number of rotatable bonds is 10. The summed E-state index contributed by atoms with van der Waals surface area (Å²) < 4.78 is 24.4. The molecule has 3 N–H and O–H groups in total. The lowest BCUT2D eigenvalue weighted by Gasteiger charge is -2.28. The van der Waals surface area contributed by atoms with Crippen molar-refractivity contribution < 1.29 is 28.2 Å². The fourth-order valence-electron chi connectivity index (χ4n) is 4.50. The van der Waals surface area contributed by atoms with Crippen molar-refractivity contribution in [2.45, 2.75) is 39.3 Å². The molecule has 0 spiro atoms. The number of hydrogen-bond donors (Lipinski definition) is 3. The predicted molar refractivity (Wildman–Crippen MR) is 166 cm³/mol. The first-order chi connectivity index (χ1) is 21.1. The van der Waals surface area contributed by atoms with E-state index in [2.05, 4.69) is 25.8 Å². The number of anilines is 3. The highest BCUT2D eigenvalue weighted by atomic mass is 19.1. The molecule has 1 fully saturated rings. The number of para-hydroxylation sites is 2. The Morgan fingerprint density at radius 2 is 1.70 bits per heavy atom. The Balaban J connectivity index is 1.40. The minimum atomic E-state index is -0.674. The normalized spacial score (nSPS) is 13.5. The highest BCUT2D eigenvalue weighted by Gasteiger charge is 2.19. The van der Waals surface area contributed by atoms with Crippen molar-refractivity contribution in [3.63, 3.8) is 0 Å². The molecule has 1 aliphatic rings. The zero-order valence-electron chi connectivity index (χ0n) is 25.3. The Labute approximate surface area is 256 Å². The Kier molecular flexibility index (Phi) is 11.2. The Morgan fingerprint density at radius 3 is 2.36 bits per heavy atom. The molecule has 234 valence electrons. The van der Waals surface area contributed by atoms with Gasteiger partial charge in [0.05, 0.1) is 24.6 Å². The number of aromatic nitrogens is 1. The SMILES string of the molecule is CC(C)(C)OC(=O)Nc1ccccc1NC(=O)c1ccc(CN(CCCN2CCOCC2)C(=O)Nc2cccc(F)c2)cn1. The summed E-state index contributed by atoms with van der Waals surface area (Å²) in [7, 11) is 0. The van der Waals surface area contributed by atoms with Crippen LogP contribution in [0.25, 0.3) is 0 Å². The molecule has 11 nitrogen and oxygen atoms in total. The maximum atomic E-state index is 13.7. The Hall–Kier alpha value is -4.55. The maximum Gasteiger partial charge on any atom is 0.412 e. The van der Waals surface area contributed by atoms with Crippen molar-refractivity contribution in [2.75, 3.05) is 55.3 Å². The van der Waals surface area contributed by atoms with Gasteiger partial charge in [0.1, 0.15) is 17.1 Å². The third-order valence-corrected chi connectivity index (χ3v) is 6.61. The second kappa shape index (κ2) is 15.3. The predicted octanol–water partition coefficient (Wildman–Crippen LogP) is 5.58. The number of nitrogens with zero attached hydrogens (tertiary/aromatic N) is 3.